The quantitative estimate of drug-likeness (QED) is 0.551. The van der Waals surface area contributed by atoms with Crippen LogP contribution in [0.25, 0.3) is 0 Å². The molecule has 8 heteroatoms. The molecule has 0 saturated heterocycles. The van der Waals surface area contributed by atoms with Crippen LogP contribution in [-0.2, 0) is 16.1 Å². The molecule has 3 aromatic rings. The van der Waals surface area contributed by atoms with Crippen molar-refractivity contribution < 1.29 is 14.3 Å². The highest BCUT2D eigenvalue weighted by molar-refractivity contribution is 7.13. The number of rotatable bonds is 7. The van der Waals surface area contributed by atoms with Gasteiger partial charge in [-0.2, -0.15) is 0 Å². The molecule has 2 aromatic carbocycles. The summed E-state index contributed by atoms with van der Waals surface area (Å²) in [6, 6.07) is 16.6. The maximum Gasteiger partial charge on any atom is 0.358 e. The fourth-order valence-electron chi connectivity index (χ4n) is 2.31. The molecule has 1 heterocycles. The van der Waals surface area contributed by atoms with E-state index in [1.807, 2.05) is 30.3 Å². The van der Waals surface area contributed by atoms with E-state index >= 15 is 0 Å². The van der Waals surface area contributed by atoms with E-state index in [0.717, 1.165) is 5.56 Å². The van der Waals surface area contributed by atoms with E-state index in [4.69, 9.17) is 16.3 Å². The number of amides is 1. The molecule has 1 amide bonds. The van der Waals surface area contributed by atoms with Gasteiger partial charge < -0.3 is 15.4 Å². The van der Waals surface area contributed by atoms with E-state index in [2.05, 4.69) is 15.6 Å². The number of benzene rings is 2. The number of nitrogens with zero attached hydrogens (tertiary/aromatic N) is 1. The Morgan fingerprint density at radius 2 is 1.96 bits per heavy atom. The van der Waals surface area contributed by atoms with Crippen LogP contribution in [0.15, 0.2) is 60.0 Å². The summed E-state index contributed by atoms with van der Waals surface area (Å²) in [5.74, 6) is -1.11. The molecule has 6 nitrogen and oxygen atoms in total. The van der Waals surface area contributed by atoms with E-state index in [1.54, 1.807) is 29.6 Å². The first kappa shape index (κ1) is 19.9. The minimum atomic E-state index is -0.978. The Kier molecular flexibility index (Phi) is 6.62. The van der Waals surface area contributed by atoms with Gasteiger partial charge in [-0.3, -0.25) is 4.79 Å². The second-order valence-electron chi connectivity index (χ2n) is 5.92. The third-order valence-corrected chi connectivity index (χ3v) is 4.78. The molecular weight excluding hydrogens is 398 g/mol. The molecule has 0 unspecified atom stereocenters. The molecule has 0 saturated carbocycles. The number of thiazole rings is 1. The Balaban J connectivity index is 1.52. The van der Waals surface area contributed by atoms with E-state index in [1.165, 1.54) is 18.3 Å². The number of esters is 1. The Hall–Kier alpha value is -2.90. The minimum absolute atomic E-state index is 0.156. The second-order valence-corrected chi connectivity index (χ2v) is 7.22. The average molecular weight is 416 g/mol. The van der Waals surface area contributed by atoms with Crippen molar-refractivity contribution in [2.24, 2.45) is 0 Å². The Morgan fingerprint density at radius 1 is 1.18 bits per heavy atom. The van der Waals surface area contributed by atoms with Crippen LogP contribution >= 0.6 is 22.9 Å². The normalized spacial score (nSPS) is 11.5. The summed E-state index contributed by atoms with van der Waals surface area (Å²) in [5, 5.41) is 8.51. The van der Waals surface area contributed by atoms with Gasteiger partial charge in [0, 0.05) is 22.6 Å². The van der Waals surface area contributed by atoms with Gasteiger partial charge in [-0.25, -0.2) is 9.78 Å². The van der Waals surface area contributed by atoms with Crippen molar-refractivity contribution >= 4 is 45.6 Å². The molecule has 2 N–H and O–H groups in total. The Labute approximate surface area is 171 Å². The van der Waals surface area contributed by atoms with E-state index in [-0.39, 0.29) is 5.69 Å². The third kappa shape index (κ3) is 5.55. The summed E-state index contributed by atoms with van der Waals surface area (Å²) in [4.78, 5) is 28.7. The maximum atomic E-state index is 12.2. The van der Waals surface area contributed by atoms with Crippen molar-refractivity contribution in [3.8, 4) is 0 Å². The van der Waals surface area contributed by atoms with Gasteiger partial charge in [0.15, 0.2) is 16.9 Å². The standard InChI is InChI=1S/C20H18ClN3O3S/c1-13(18(25)23-16-9-5-8-15(21)10-16)27-19(26)17-12-28-20(24-17)22-11-14-6-3-2-4-7-14/h2-10,12-13H,11H2,1H3,(H,22,24)(H,23,25)/t13-/m0/s1. The Morgan fingerprint density at radius 3 is 2.71 bits per heavy atom. The first-order chi connectivity index (χ1) is 13.5. The van der Waals surface area contributed by atoms with Gasteiger partial charge in [-0.05, 0) is 30.7 Å². The monoisotopic (exact) mass is 415 g/mol. The van der Waals surface area contributed by atoms with Crippen molar-refractivity contribution in [1.82, 2.24) is 4.98 Å². The summed E-state index contributed by atoms with van der Waals surface area (Å²) in [5.41, 5.74) is 1.79. The summed E-state index contributed by atoms with van der Waals surface area (Å²) >= 11 is 7.19. The van der Waals surface area contributed by atoms with Gasteiger partial charge in [-0.15, -0.1) is 11.3 Å². The first-order valence-corrected chi connectivity index (χ1v) is 9.78. The molecule has 1 atom stereocenters. The summed E-state index contributed by atoms with van der Waals surface area (Å²) < 4.78 is 5.21. The highest BCUT2D eigenvalue weighted by atomic mass is 35.5. The summed E-state index contributed by atoms with van der Waals surface area (Å²) in [7, 11) is 0. The van der Waals surface area contributed by atoms with Crippen molar-refractivity contribution in [2.75, 3.05) is 10.6 Å². The zero-order chi connectivity index (χ0) is 19.9. The van der Waals surface area contributed by atoms with Crippen molar-refractivity contribution in [3.63, 3.8) is 0 Å². The number of aromatic nitrogens is 1. The van der Waals surface area contributed by atoms with Crippen LogP contribution in [0.2, 0.25) is 5.02 Å². The van der Waals surface area contributed by atoms with Gasteiger partial charge in [0.25, 0.3) is 5.91 Å². The predicted octanol–water partition coefficient (Wildman–Crippen LogP) is 4.59. The molecule has 0 radical (unpaired) electrons. The first-order valence-electron chi connectivity index (χ1n) is 8.52. The lowest BCUT2D eigenvalue weighted by Crippen LogP contribution is -2.30. The lowest BCUT2D eigenvalue weighted by Gasteiger charge is -2.12. The fraction of sp³-hybridized carbons (Fsp3) is 0.150. The highest BCUT2D eigenvalue weighted by Gasteiger charge is 2.21. The molecule has 3 rings (SSSR count). The van der Waals surface area contributed by atoms with E-state index < -0.39 is 18.0 Å². The zero-order valence-corrected chi connectivity index (χ0v) is 16.6. The largest absolute Gasteiger partial charge is 0.448 e. The number of carbonyl (C=O) groups is 2. The van der Waals surface area contributed by atoms with Gasteiger partial charge in [-0.1, -0.05) is 48.0 Å². The van der Waals surface area contributed by atoms with Gasteiger partial charge in [0.05, 0.1) is 0 Å². The molecule has 0 aliphatic heterocycles. The van der Waals surface area contributed by atoms with Gasteiger partial charge >= 0.3 is 5.97 Å². The number of hydrogen-bond acceptors (Lipinski definition) is 6. The molecule has 28 heavy (non-hydrogen) atoms. The molecule has 0 aliphatic carbocycles. The van der Waals surface area contributed by atoms with Crippen LogP contribution in [0.3, 0.4) is 0 Å². The molecule has 0 aliphatic rings. The molecule has 144 valence electrons. The number of ether oxygens (including phenoxy) is 1. The lowest BCUT2D eigenvalue weighted by atomic mass is 10.2. The number of nitrogens with one attached hydrogen (secondary N) is 2. The van der Waals surface area contributed by atoms with Crippen molar-refractivity contribution in [3.05, 3.63) is 76.3 Å². The summed E-state index contributed by atoms with van der Waals surface area (Å²) in [6.07, 6.45) is -0.978. The number of halogens is 1. The number of hydrogen-bond donors (Lipinski definition) is 2. The third-order valence-electron chi connectivity index (χ3n) is 3.75. The topological polar surface area (TPSA) is 80.3 Å². The van der Waals surface area contributed by atoms with E-state index in [9.17, 15) is 9.59 Å². The second kappa shape index (κ2) is 9.34. The number of carbonyl (C=O) groups excluding carboxylic acids is 2. The molecule has 0 fully saturated rings. The minimum Gasteiger partial charge on any atom is -0.448 e. The highest BCUT2D eigenvalue weighted by Crippen LogP contribution is 2.18. The molecule has 0 bridgehead atoms. The smallest absolute Gasteiger partial charge is 0.358 e. The lowest BCUT2D eigenvalue weighted by molar-refractivity contribution is -0.123. The molecule has 0 spiro atoms. The molecule has 1 aromatic heterocycles. The van der Waals surface area contributed by atoms with Crippen LogP contribution in [0.5, 0.6) is 0 Å². The zero-order valence-electron chi connectivity index (χ0n) is 15.0. The van der Waals surface area contributed by atoms with Crippen LogP contribution < -0.4 is 10.6 Å². The summed E-state index contributed by atoms with van der Waals surface area (Å²) in [6.45, 7) is 2.10. The number of anilines is 2. The van der Waals surface area contributed by atoms with Crippen LogP contribution in [0.4, 0.5) is 10.8 Å². The van der Waals surface area contributed by atoms with Crippen molar-refractivity contribution in [2.45, 2.75) is 19.6 Å². The van der Waals surface area contributed by atoms with Crippen LogP contribution in [-0.4, -0.2) is 23.0 Å². The molecular formula is C20H18ClN3O3S. The predicted molar refractivity (Wildman–Crippen MR) is 111 cm³/mol. The van der Waals surface area contributed by atoms with Gasteiger partial charge in [0.2, 0.25) is 0 Å². The maximum absolute atomic E-state index is 12.2. The average Bonchev–Trinajstić information content (AvgIpc) is 3.16. The van der Waals surface area contributed by atoms with Crippen LogP contribution in [0, 0.1) is 0 Å². The SMILES string of the molecule is C[C@H](OC(=O)c1csc(NCc2ccccc2)n1)C(=O)Nc1cccc(Cl)c1. The van der Waals surface area contributed by atoms with Crippen LogP contribution in [0.1, 0.15) is 23.0 Å². The fourth-order valence-corrected chi connectivity index (χ4v) is 3.18. The van der Waals surface area contributed by atoms with E-state index in [0.29, 0.717) is 22.4 Å². The van der Waals surface area contributed by atoms with Gasteiger partial charge in [0.1, 0.15) is 0 Å². The Bertz CT molecular complexity index is 962. The van der Waals surface area contributed by atoms with Crippen molar-refractivity contribution in [1.29, 1.82) is 0 Å².